The maximum atomic E-state index is 5.29. The summed E-state index contributed by atoms with van der Waals surface area (Å²) in [5, 5.41) is 3.13. The van der Waals surface area contributed by atoms with Gasteiger partial charge in [-0.3, -0.25) is 0 Å². The third-order valence-electron chi connectivity index (χ3n) is 2.22. The zero-order valence-corrected chi connectivity index (χ0v) is 11.1. The molecule has 2 aromatic heterocycles. The largest absolute Gasteiger partial charge is 0.480 e. The van der Waals surface area contributed by atoms with Gasteiger partial charge < -0.3 is 14.5 Å². The van der Waals surface area contributed by atoms with E-state index >= 15 is 0 Å². The summed E-state index contributed by atoms with van der Waals surface area (Å²) in [7, 11) is 1.56. The van der Waals surface area contributed by atoms with Gasteiger partial charge in [-0.2, -0.15) is 4.98 Å². The van der Waals surface area contributed by atoms with Crippen LogP contribution in [0, 0.1) is 0 Å². The Kier molecular flexibility index (Phi) is 3.63. The molecule has 0 bridgehead atoms. The molecular weight excluding hydrogens is 286 g/mol. The Labute approximate surface area is 107 Å². The summed E-state index contributed by atoms with van der Waals surface area (Å²) in [6, 6.07) is 3.74. The Morgan fingerprint density at radius 3 is 3.00 bits per heavy atom. The number of nitrogens with one attached hydrogen (secondary N) is 1. The standard InChI is InChI=1S/C11H12BrN3O2/c1-7(9-4-3-5-17-9)14-11-13-6-8(12)10(15-11)16-2/h3-7H,1-2H3,(H,13,14,15). The first kappa shape index (κ1) is 11.9. The van der Waals surface area contributed by atoms with Gasteiger partial charge >= 0.3 is 0 Å². The monoisotopic (exact) mass is 297 g/mol. The summed E-state index contributed by atoms with van der Waals surface area (Å²) >= 11 is 3.30. The Morgan fingerprint density at radius 1 is 1.53 bits per heavy atom. The van der Waals surface area contributed by atoms with Crippen LogP contribution in [0.4, 0.5) is 5.95 Å². The molecular formula is C11H12BrN3O2. The van der Waals surface area contributed by atoms with Crippen molar-refractivity contribution in [1.29, 1.82) is 0 Å². The lowest BCUT2D eigenvalue weighted by Crippen LogP contribution is -2.09. The number of hydrogen-bond acceptors (Lipinski definition) is 5. The summed E-state index contributed by atoms with van der Waals surface area (Å²) in [6.07, 6.45) is 3.28. The van der Waals surface area contributed by atoms with Crippen molar-refractivity contribution in [2.45, 2.75) is 13.0 Å². The third-order valence-corrected chi connectivity index (χ3v) is 2.76. The molecule has 1 N–H and O–H groups in total. The Balaban J connectivity index is 2.13. The molecule has 0 spiro atoms. The molecule has 0 amide bonds. The van der Waals surface area contributed by atoms with Crippen LogP contribution >= 0.6 is 15.9 Å². The first-order valence-electron chi connectivity index (χ1n) is 5.07. The van der Waals surface area contributed by atoms with Gasteiger partial charge in [0.25, 0.3) is 0 Å². The molecule has 5 nitrogen and oxygen atoms in total. The molecule has 0 saturated carbocycles. The van der Waals surface area contributed by atoms with Crippen LogP contribution in [-0.2, 0) is 0 Å². The fourth-order valence-corrected chi connectivity index (χ4v) is 1.72. The molecule has 1 unspecified atom stereocenters. The smallest absolute Gasteiger partial charge is 0.232 e. The van der Waals surface area contributed by atoms with Gasteiger partial charge in [0.15, 0.2) is 0 Å². The Bertz CT molecular complexity index is 487. The van der Waals surface area contributed by atoms with Crippen molar-refractivity contribution in [3.8, 4) is 5.88 Å². The summed E-state index contributed by atoms with van der Waals surface area (Å²) in [5.74, 6) is 1.82. The van der Waals surface area contributed by atoms with Gasteiger partial charge in [0.2, 0.25) is 11.8 Å². The van der Waals surface area contributed by atoms with E-state index in [9.17, 15) is 0 Å². The molecule has 0 aliphatic heterocycles. The zero-order chi connectivity index (χ0) is 12.3. The van der Waals surface area contributed by atoms with Gasteiger partial charge in [0.1, 0.15) is 5.76 Å². The van der Waals surface area contributed by atoms with Crippen molar-refractivity contribution >= 4 is 21.9 Å². The fourth-order valence-electron chi connectivity index (χ4n) is 1.37. The highest BCUT2D eigenvalue weighted by atomic mass is 79.9. The van der Waals surface area contributed by atoms with Crippen LogP contribution in [0.5, 0.6) is 5.88 Å². The van der Waals surface area contributed by atoms with Crippen LogP contribution in [0.1, 0.15) is 18.7 Å². The van der Waals surface area contributed by atoms with Crippen LogP contribution in [0.25, 0.3) is 0 Å². The molecule has 0 saturated heterocycles. The van der Waals surface area contributed by atoms with Crippen molar-refractivity contribution < 1.29 is 9.15 Å². The highest BCUT2D eigenvalue weighted by Crippen LogP contribution is 2.23. The van der Waals surface area contributed by atoms with Crippen molar-refractivity contribution in [2.75, 3.05) is 12.4 Å². The van der Waals surface area contributed by atoms with Crippen molar-refractivity contribution in [1.82, 2.24) is 9.97 Å². The molecule has 1 atom stereocenters. The molecule has 0 radical (unpaired) electrons. The number of halogens is 1. The summed E-state index contributed by atoms with van der Waals surface area (Å²) < 4.78 is 11.1. The third kappa shape index (κ3) is 2.76. The van der Waals surface area contributed by atoms with Gasteiger partial charge in [-0.25, -0.2) is 4.98 Å². The predicted octanol–water partition coefficient (Wildman–Crippen LogP) is 3.01. The molecule has 90 valence electrons. The van der Waals surface area contributed by atoms with Crippen LogP contribution in [0.3, 0.4) is 0 Å². The molecule has 0 fully saturated rings. The Hall–Kier alpha value is -1.56. The van der Waals surface area contributed by atoms with E-state index in [4.69, 9.17) is 9.15 Å². The second-order valence-corrected chi connectivity index (χ2v) is 4.29. The van der Waals surface area contributed by atoms with Gasteiger partial charge in [-0.15, -0.1) is 0 Å². The summed E-state index contributed by atoms with van der Waals surface area (Å²) in [4.78, 5) is 8.35. The van der Waals surface area contributed by atoms with Crippen LogP contribution < -0.4 is 10.1 Å². The number of ether oxygens (including phenoxy) is 1. The minimum Gasteiger partial charge on any atom is -0.480 e. The van der Waals surface area contributed by atoms with Gasteiger partial charge in [0, 0.05) is 0 Å². The zero-order valence-electron chi connectivity index (χ0n) is 9.48. The average molecular weight is 298 g/mol. The molecule has 0 aliphatic carbocycles. The maximum absolute atomic E-state index is 5.29. The molecule has 2 rings (SSSR count). The minimum absolute atomic E-state index is 0.00381. The lowest BCUT2D eigenvalue weighted by atomic mass is 10.2. The second kappa shape index (κ2) is 5.18. The molecule has 17 heavy (non-hydrogen) atoms. The maximum Gasteiger partial charge on any atom is 0.232 e. The van der Waals surface area contributed by atoms with E-state index in [2.05, 4.69) is 31.2 Å². The predicted molar refractivity (Wildman–Crippen MR) is 67.0 cm³/mol. The average Bonchev–Trinajstić information content (AvgIpc) is 2.85. The Morgan fingerprint density at radius 2 is 2.35 bits per heavy atom. The number of aromatic nitrogens is 2. The van der Waals surface area contributed by atoms with Crippen molar-refractivity contribution in [3.05, 3.63) is 34.8 Å². The number of methoxy groups -OCH3 is 1. The van der Waals surface area contributed by atoms with E-state index in [1.54, 1.807) is 19.6 Å². The number of hydrogen-bond donors (Lipinski definition) is 1. The molecule has 2 heterocycles. The van der Waals surface area contributed by atoms with Crippen LogP contribution in [0.15, 0.2) is 33.5 Å². The quantitative estimate of drug-likeness (QED) is 0.940. The van der Waals surface area contributed by atoms with E-state index < -0.39 is 0 Å². The highest BCUT2D eigenvalue weighted by Gasteiger charge is 2.11. The summed E-state index contributed by atoms with van der Waals surface area (Å²) in [6.45, 7) is 1.97. The van der Waals surface area contributed by atoms with Gasteiger partial charge in [-0.1, -0.05) is 0 Å². The van der Waals surface area contributed by atoms with Crippen LogP contribution in [0.2, 0.25) is 0 Å². The van der Waals surface area contributed by atoms with Gasteiger partial charge in [0.05, 0.1) is 30.1 Å². The van der Waals surface area contributed by atoms with E-state index in [0.29, 0.717) is 11.8 Å². The molecule has 0 aliphatic rings. The topological polar surface area (TPSA) is 60.2 Å². The minimum atomic E-state index is -0.00381. The lowest BCUT2D eigenvalue weighted by Gasteiger charge is -2.12. The van der Waals surface area contributed by atoms with Gasteiger partial charge in [-0.05, 0) is 35.0 Å². The second-order valence-electron chi connectivity index (χ2n) is 3.43. The number of furan rings is 1. The first-order valence-corrected chi connectivity index (χ1v) is 5.86. The number of anilines is 1. The fraction of sp³-hybridized carbons (Fsp3) is 0.273. The molecule has 0 aromatic carbocycles. The first-order chi connectivity index (χ1) is 8.20. The van der Waals surface area contributed by atoms with Crippen LogP contribution in [-0.4, -0.2) is 17.1 Å². The normalized spacial score (nSPS) is 12.2. The SMILES string of the molecule is COc1nc(NC(C)c2ccco2)ncc1Br. The summed E-state index contributed by atoms with van der Waals surface area (Å²) in [5.41, 5.74) is 0. The van der Waals surface area contributed by atoms with E-state index in [1.807, 2.05) is 19.1 Å². The van der Waals surface area contributed by atoms with E-state index in [1.165, 1.54) is 0 Å². The highest BCUT2D eigenvalue weighted by molar-refractivity contribution is 9.10. The number of rotatable bonds is 4. The number of nitrogens with zero attached hydrogens (tertiary/aromatic N) is 2. The van der Waals surface area contributed by atoms with Crippen molar-refractivity contribution in [2.24, 2.45) is 0 Å². The van der Waals surface area contributed by atoms with E-state index in [-0.39, 0.29) is 6.04 Å². The van der Waals surface area contributed by atoms with E-state index in [0.717, 1.165) is 10.2 Å². The molecule has 6 heteroatoms. The molecule has 2 aromatic rings. The van der Waals surface area contributed by atoms with Crippen molar-refractivity contribution in [3.63, 3.8) is 0 Å². The lowest BCUT2D eigenvalue weighted by molar-refractivity contribution is 0.394.